The fourth-order valence-electron chi connectivity index (χ4n) is 4.86. The first-order chi connectivity index (χ1) is 17.0. The molecule has 2 aromatic heterocycles. The van der Waals surface area contributed by atoms with Crippen molar-refractivity contribution in [3.8, 4) is 16.9 Å². The number of aliphatic hydroxyl groups is 1. The van der Waals surface area contributed by atoms with Gasteiger partial charge in [-0.25, -0.2) is 4.98 Å². The van der Waals surface area contributed by atoms with Crippen LogP contribution in [-0.4, -0.2) is 45.0 Å². The SMILES string of the molecule is COc1ccc(Cc2cc(C(=O)N[C@H]3CCCC[C@@H]3O)nc3c(-c4cnn(C)c4)cccc23)cc1. The van der Waals surface area contributed by atoms with Crippen LogP contribution >= 0.6 is 0 Å². The lowest BCUT2D eigenvalue weighted by molar-refractivity contribution is 0.0714. The summed E-state index contributed by atoms with van der Waals surface area (Å²) in [5.41, 5.74) is 5.12. The number of rotatable bonds is 6. The molecule has 0 aliphatic heterocycles. The molecule has 5 rings (SSSR count). The Morgan fingerprint density at radius 1 is 1.17 bits per heavy atom. The number of aliphatic hydroxyl groups excluding tert-OH is 1. The molecule has 7 nitrogen and oxygen atoms in total. The number of ether oxygens (including phenoxy) is 1. The minimum Gasteiger partial charge on any atom is -0.497 e. The number of pyridine rings is 1. The lowest BCUT2D eigenvalue weighted by Crippen LogP contribution is -2.45. The molecule has 2 aromatic carbocycles. The van der Waals surface area contributed by atoms with Gasteiger partial charge in [-0.3, -0.25) is 9.48 Å². The van der Waals surface area contributed by atoms with Crippen LogP contribution in [-0.2, 0) is 13.5 Å². The molecule has 1 fully saturated rings. The predicted octanol–water partition coefficient (Wildman–Crippen LogP) is 4.27. The zero-order chi connectivity index (χ0) is 24.4. The van der Waals surface area contributed by atoms with Crippen LogP contribution in [0, 0.1) is 0 Å². The van der Waals surface area contributed by atoms with E-state index in [0.29, 0.717) is 18.5 Å². The number of nitrogens with zero attached hydrogens (tertiary/aromatic N) is 3. The number of hydrogen-bond donors (Lipinski definition) is 2. The molecule has 0 radical (unpaired) electrons. The highest BCUT2D eigenvalue weighted by Gasteiger charge is 2.26. The molecule has 35 heavy (non-hydrogen) atoms. The van der Waals surface area contributed by atoms with Crippen molar-refractivity contribution in [1.29, 1.82) is 0 Å². The van der Waals surface area contributed by atoms with E-state index in [4.69, 9.17) is 9.72 Å². The maximum absolute atomic E-state index is 13.3. The van der Waals surface area contributed by atoms with E-state index < -0.39 is 6.10 Å². The standard InChI is InChI=1S/C28H30N4O3/c1-32-17-20(16-29-32)23-7-5-6-22-19(14-18-10-12-21(35-2)13-11-18)15-25(30-27(22)23)28(34)31-24-8-3-4-9-26(24)33/h5-7,10-13,15-17,24,26,33H,3-4,8-9,14H2,1-2H3,(H,31,34)/t24-,26-/m0/s1. The molecular formula is C28H30N4O3. The van der Waals surface area contributed by atoms with E-state index in [1.54, 1.807) is 11.8 Å². The normalized spacial score (nSPS) is 17.9. The van der Waals surface area contributed by atoms with Gasteiger partial charge in [0.1, 0.15) is 11.4 Å². The number of carbonyl (C=O) groups excluding carboxylic acids is 1. The van der Waals surface area contributed by atoms with Gasteiger partial charge < -0.3 is 15.2 Å². The van der Waals surface area contributed by atoms with Crippen LogP contribution in [0.5, 0.6) is 5.75 Å². The zero-order valence-corrected chi connectivity index (χ0v) is 20.1. The van der Waals surface area contributed by atoms with Crippen molar-refractivity contribution in [2.75, 3.05) is 7.11 Å². The van der Waals surface area contributed by atoms with Crippen molar-refractivity contribution in [1.82, 2.24) is 20.1 Å². The van der Waals surface area contributed by atoms with Gasteiger partial charge in [-0.15, -0.1) is 0 Å². The summed E-state index contributed by atoms with van der Waals surface area (Å²) in [7, 11) is 3.53. The molecule has 2 atom stereocenters. The van der Waals surface area contributed by atoms with Gasteiger partial charge in [0.25, 0.3) is 5.91 Å². The highest BCUT2D eigenvalue weighted by atomic mass is 16.5. The number of benzene rings is 2. The number of carbonyl (C=O) groups is 1. The van der Waals surface area contributed by atoms with Crippen molar-refractivity contribution >= 4 is 16.8 Å². The molecule has 1 aliphatic carbocycles. The topological polar surface area (TPSA) is 89.3 Å². The molecule has 180 valence electrons. The van der Waals surface area contributed by atoms with Gasteiger partial charge in [-0.1, -0.05) is 43.2 Å². The molecule has 0 unspecified atom stereocenters. The summed E-state index contributed by atoms with van der Waals surface area (Å²) >= 11 is 0. The van der Waals surface area contributed by atoms with Crippen molar-refractivity contribution in [2.24, 2.45) is 7.05 Å². The fraction of sp³-hybridized carbons (Fsp3) is 0.321. The quantitative estimate of drug-likeness (QED) is 0.439. The van der Waals surface area contributed by atoms with Crippen molar-refractivity contribution in [2.45, 2.75) is 44.2 Å². The second-order valence-electron chi connectivity index (χ2n) is 9.23. The third-order valence-electron chi connectivity index (χ3n) is 6.77. The fourth-order valence-corrected chi connectivity index (χ4v) is 4.86. The number of amides is 1. The lowest BCUT2D eigenvalue weighted by atomic mass is 9.92. The van der Waals surface area contributed by atoms with E-state index in [1.807, 2.05) is 68.0 Å². The van der Waals surface area contributed by atoms with Gasteiger partial charge in [-0.05, 0) is 48.6 Å². The Morgan fingerprint density at radius 3 is 2.69 bits per heavy atom. The first-order valence-corrected chi connectivity index (χ1v) is 12.1. The summed E-state index contributed by atoms with van der Waals surface area (Å²) in [6, 6.07) is 15.7. The van der Waals surface area contributed by atoms with Gasteiger partial charge in [0.05, 0.1) is 31.0 Å². The number of methoxy groups -OCH3 is 1. The second-order valence-corrected chi connectivity index (χ2v) is 9.23. The first-order valence-electron chi connectivity index (χ1n) is 12.1. The largest absolute Gasteiger partial charge is 0.497 e. The molecule has 0 bridgehead atoms. The van der Waals surface area contributed by atoms with Gasteiger partial charge in [0, 0.05) is 29.8 Å². The van der Waals surface area contributed by atoms with E-state index in [-0.39, 0.29) is 11.9 Å². The Bertz CT molecular complexity index is 1350. The second kappa shape index (κ2) is 9.88. The molecular weight excluding hydrogens is 440 g/mol. The zero-order valence-electron chi connectivity index (χ0n) is 20.1. The Hall–Kier alpha value is -3.71. The van der Waals surface area contributed by atoms with E-state index in [1.165, 1.54) is 0 Å². The molecule has 1 aliphatic rings. The molecule has 1 amide bonds. The van der Waals surface area contributed by atoms with Crippen molar-refractivity contribution in [3.63, 3.8) is 0 Å². The number of hydrogen-bond acceptors (Lipinski definition) is 5. The van der Waals surface area contributed by atoms with Gasteiger partial charge >= 0.3 is 0 Å². The average Bonchev–Trinajstić information content (AvgIpc) is 3.31. The van der Waals surface area contributed by atoms with Crippen molar-refractivity contribution in [3.05, 3.63) is 77.7 Å². The predicted molar refractivity (Wildman–Crippen MR) is 135 cm³/mol. The Kier molecular flexibility index (Phi) is 6.51. The summed E-state index contributed by atoms with van der Waals surface area (Å²) < 4.78 is 7.05. The van der Waals surface area contributed by atoms with Crippen molar-refractivity contribution < 1.29 is 14.6 Å². The number of nitrogens with one attached hydrogen (secondary N) is 1. The van der Waals surface area contributed by atoms with Gasteiger partial charge in [-0.2, -0.15) is 5.10 Å². The number of aryl methyl sites for hydroxylation is 1. The van der Waals surface area contributed by atoms with Crippen LogP contribution in [0.25, 0.3) is 22.0 Å². The molecule has 7 heteroatoms. The Balaban J connectivity index is 1.58. The highest BCUT2D eigenvalue weighted by Crippen LogP contribution is 2.31. The summed E-state index contributed by atoms with van der Waals surface area (Å²) in [5.74, 6) is 0.549. The third kappa shape index (κ3) is 4.91. The van der Waals surface area contributed by atoms with Crippen LogP contribution < -0.4 is 10.1 Å². The van der Waals surface area contributed by atoms with E-state index in [0.717, 1.165) is 58.2 Å². The maximum atomic E-state index is 13.3. The average molecular weight is 471 g/mol. The van der Waals surface area contributed by atoms with Gasteiger partial charge in [0.2, 0.25) is 0 Å². The summed E-state index contributed by atoms with van der Waals surface area (Å²) in [5, 5.41) is 18.7. The van der Waals surface area contributed by atoms with E-state index in [2.05, 4.69) is 10.4 Å². The summed E-state index contributed by atoms with van der Waals surface area (Å²) in [6.45, 7) is 0. The highest BCUT2D eigenvalue weighted by molar-refractivity contribution is 6.00. The van der Waals surface area contributed by atoms with Crippen LogP contribution in [0.3, 0.4) is 0 Å². The minimum absolute atomic E-state index is 0.243. The molecule has 2 heterocycles. The van der Waals surface area contributed by atoms with E-state index in [9.17, 15) is 9.90 Å². The molecule has 0 saturated heterocycles. The number of fused-ring (bicyclic) bond motifs is 1. The monoisotopic (exact) mass is 470 g/mol. The summed E-state index contributed by atoms with van der Waals surface area (Å²) in [6.07, 6.45) is 7.37. The number of aromatic nitrogens is 3. The Morgan fingerprint density at radius 2 is 1.97 bits per heavy atom. The van der Waals surface area contributed by atoms with Crippen LogP contribution in [0.15, 0.2) is 60.9 Å². The smallest absolute Gasteiger partial charge is 0.270 e. The Labute approximate surface area is 204 Å². The first kappa shape index (κ1) is 23.1. The van der Waals surface area contributed by atoms with Gasteiger partial charge in [0.15, 0.2) is 0 Å². The minimum atomic E-state index is -0.516. The molecule has 0 spiro atoms. The summed E-state index contributed by atoms with van der Waals surface area (Å²) in [4.78, 5) is 18.2. The molecule has 1 saturated carbocycles. The van der Waals surface area contributed by atoms with Crippen LogP contribution in [0.4, 0.5) is 0 Å². The lowest BCUT2D eigenvalue weighted by Gasteiger charge is -2.28. The van der Waals surface area contributed by atoms with E-state index >= 15 is 0 Å². The molecule has 2 N–H and O–H groups in total. The van der Waals surface area contributed by atoms with Crippen LogP contribution in [0.1, 0.15) is 47.3 Å². The number of para-hydroxylation sites is 1. The maximum Gasteiger partial charge on any atom is 0.270 e. The third-order valence-corrected chi connectivity index (χ3v) is 6.77. The molecule has 4 aromatic rings. The van der Waals surface area contributed by atoms with Crippen LogP contribution in [0.2, 0.25) is 0 Å².